The third kappa shape index (κ3) is 3.29. The Morgan fingerprint density at radius 2 is 0.974 bits per heavy atom. The van der Waals surface area contributed by atoms with Gasteiger partial charge in [-0.15, -0.1) is 0 Å². The number of aromatic nitrogens is 1. The zero-order valence-electron chi connectivity index (χ0n) is 20.7. The largest absolute Gasteiger partial charge is 0.256 e. The highest BCUT2D eigenvalue weighted by molar-refractivity contribution is 6.16. The lowest BCUT2D eigenvalue weighted by molar-refractivity contribution is 1.33. The topological polar surface area (TPSA) is 12.9 Å². The molecule has 0 saturated heterocycles. The molecule has 1 heteroatoms. The molecule has 1 aliphatic rings. The maximum absolute atomic E-state index is 4.72. The molecule has 38 heavy (non-hydrogen) atoms. The number of pyridine rings is 1. The molecule has 0 N–H and O–H groups in total. The van der Waals surface area contributed by atoms with Crippen LogP contribution in [0.5, 0.6) is 0 Å². The van der Waals surface area contributed by atoms with Gasteiger partial charge in [0.25, 0.3) is 0 Å². The predicted molar refractivity (Wildman–Crippen MR) is 160 cm³/mol. The Kier molecular flexibility index (Phi) is 4.59. The van der Waals surface area contributed by atoms with Crippen molar-refractivity contribution in [3.8, 4) is 55.8 Å². The second kappa shape index (κ2) is 8.26. The van der Waals surface area contributed by atoms with Gasteiger partial charge in [-0.2, -0.15) is 0 Å². The van der Waals surface area contributed by atoms with Crippen LogP contribution < -0.4 is 0 Å². The molecule has 0 unspecified atom stereocenters. The van der Waals surface area contributed by atoms with Gasteiger partial charge in [-0.05, 0) is 90.8 Å². The van der Waals surface area contributed by atoms with Crippen molar-refractivity contribution in [2.24, 2.45) is 0 Å². The first kappa shape index (κ1) is 21.1. The Hall–Kier alpha value is -5.01. The van der Waals surface area contributed by atoms with Gasteiger partial charge >= 0.3 is 0 Å². The van der Waals surface area contributed by atoms with Crippen molar-refractivity contribution in [3.05, 3.63) is 140 Å². The van der Waals surface area contributed by atoms with Crippen molar-refractivity contribution in [1.29, 1.82) is 0 Å². The third-order valence-electron chi connectivity index (χ3n) is 7.82. The highest BCUT2D eigenvalue weighted by atomic mass is 14.7. The molecule has 0 amide bonds. The molecule has 0 radical (unpaired) electrons. The standard InChI is InChI=1S/C37H23N/c1-2-7-24(8-3-1)36-18-17-30(23-38-36)27-15-13-26-20-28(16-14-25(26)19-27)31-21-29-9-6-12-34-32-10-4-5-11-33(32)35(22-31)37(29)34/h1-23H. The first-order chi connectivity index (χ1) is 18.8. The third-order valence-corrected chi connectivity index (χ3v) is 7.82. The average molecular weight is 482 g/mol. The van der Waals surface area contributed by atoms with E-state index >= 15 is 0 Å². The fourth-order valence-electron chi connectivity index (χ4n) is 5.93. The van der Waals surface area contributed by atoms with Gasteiger partial charge in [0.15, 0.2) is 0 Å². The monoisotopic (exact) mass is 481 g/mol. The second-order valence-corrected chi connectivity index (χ2v) is 10.0. The summed E-state index contributed by atoms with van der Waals surface area (Å²) in [6.45, 7) is 0. The number of fused-ring (bicyclic) bond motifs is 4. The van der Waals surface area contributed by atoms with Gasteiger partial charge < -0.3 is 0 Å². The van der Waals surface area contributed by atoms with Crippen LogP contribution in [0.4, 0.5) is 0 Å². The van der Waals surface area contributed by atoms with Gasteiger partial charge in [-0.25, -0.2) is 0 Å². The van der Waals surface area contributed by atoms with Gasteiger partial charge in [0.1, 0.15) is 0 Å². The van der Waals surface area contributed by atoms with E-state index in [9.17, 15) is 0 Å². The van der Waals surface area contributed by atoms with Gasteiger partial charge in [0.05, 0.1) is 5.69 Å². The molecule has 1 aliphatic carbocycles. The minimum absolute atomic E-state index is 0.994. The van der Waals surface area contributed by atoms with Crippen LogP contribution in [-0.4, -0.2) is 4.98 Å². The molecule has 0 saturated carbocycles. The Balaban J connectivity index is 1.17. The Morgan fingerprint density at radius 1 is 0.342 bits per heavy atom. The van der Waals surface area contributed by atoms with E-state index in [4.69, 9.17) is 4.98 Å². The summed E-state index contributed by atoms with van der Waals surface area (Å²) in [6.07, 6.45) is 1.97. The molecular weight excluding hydrogens is 458 g/mol. The zero-order valence-corrected chi connectivity index (χ0v) is 20.7. The fourth-order valence-corrected chi connectivity index (χ4v) is 5.93. The molecule has 8 rings (SSSR count). The van der Waals surface area contributed by atoms with Gasteiger partial charge in [0.2, 0.25) is 0 Å². The van der Waals surface area contributed by atoms with Crippen LogP contribution in [0, 0.1) is 0 Å². The molecular formula is C37H23N. The maximum Gasteiger partial charge on any atom is 0.0702 e. The van der Waals surface area contributed by atoms with Crippen LogP contribution in [0.3, 0.4) is 0 Å². The smallest absolute Gasteiger partial charge is 0.0702 e. The van der Waals surface area contributed by atoms with E-state index in [1.54, 1.807) is 0 Å². The Bertz CT molecular complexity index is 2000. The summed E-state index contributed by atoms with van der Waals surface area (Å²) >= 11 is 0. The molecule has 0 fully saturated rings. The molecule has 7 aromatic rings. The van der Waals surface area contributed by atoms with E-state index in [2.05, 4.69) is 115 Å². The van der Waals surface area contributed by atoms with Crippen molar-refractivity contribution in [2.45, 2.75) is 0 Å². The molecule has 0 atom stereocenters. The Labute approximate surface area is 221 Å². The first-order valence-electron chi connectivity index (χ1n) is 13.0. The van der Waals surface area contributed by atoms with Crippen LogP contribution in [0.1, 0.15) is 0 Å². The number of nitrogens with zero attached hydrogens (tertiary/aromatic N) is 1. The summed E-state index contributed by atoms with van der Waals surface area (Å²) in [7, 11) is 0. The zero-order chi connectivity index (χ0) is 25.1. The van der Waals surface area contributed by atoms with Gasteiger partial charge in [0, 0.05) is 17.3 Å². The van der Waals surface area contributed by atoms with Gasteiger partial charge in [-0.3, -0.25) is 4.98 Å². The number of hydrogen-bond acceptors (Lipinski definition) is 1. The van der Waals surface area contributed by atoms with E-state index in [1.807, 2.05) is 24.4 Å². The minimum Gasteiger partial charge on any atom is -0.256 e. The number of rotatable bonds is 3. The van der Waals surface area contributed by atoms with E-state index in [0.717, 1.165) is 16.8 Å². The maximum atomic E-state index is 4.72. The van der Waals surface area contributed by atoms with Gasteiger partial charge in [-0.1, -0.05) is 103 Å². The summed E-state index contributed by atoms with van der Waals surface area (Å²) in [4.78, 5) is 4.72. The molecule has 0 aliphatic heterocycles. The van der Waals surface area contributed by atoms with Crippen LogP contribution in [-0.2, 0) is 0 Å². The molecule has 1 aromatic heterocycles. The van der Waals surface area contributed by atoms with Crippen molar-refractivity contribution >= 4 is 21.5 Å². The van der Waals surface area contributed by atoms with Crippen molar-refractivity contribution in [1.82, 2.24) is 4.98 Å². The van der Waals surface area contributed by atoms with Crippen molar-refractivity contribution < 1.29 is 0 Å². The van der Waals surface area contributed by atoms with Crippen LogP contribution in [0.2, 0.25) is 0 Å². The molecule has 0 spiro atoms. The Morgan fingerprint density at radius 3 is 1.71 bits per heavy atom. The normalized spacial score (nSPS) is 11.7. The fraction of sp³-hybridized carbons (Fsp3) is 0. The molecule has 0 bridgehead atoms. The molecule has 176 valence electrons. The second-order valence-electron chi connectivity index (χ2n) is 10.0. The summed E-state index contributed by atoms with van der Waals surface area (Å²) in [6, 6.07) is 48.2. The lowest BCUT2D eigenvalue weighted by Crippen LogP contribution is -1.86. The summed E-state index contributed by atoms with van der Waals surface area (Å²) in [5, 5.41) is 5.14. The van der Waals surface area contributed by atoms with E-state index in [0.29, 0.717) is 0 Å². The van der Waals surface area contributed by atoms with E-state index in [-0.39, 0.29) is 0 Å². The number of hydrogen-bond donors (Lipinski definition) is 0. The van der Waals surface area contributed by atoms with Crippen LogP contribution in [0.15, 0.2) is 140 Å². The quantitative estimate of drug-likeness (QED) is 0.245. The number of benzene rings is 6. The van der Waals surface area contributed by atoms with Crippen LogP contribution >= 0.6 is 0 Å². The lowest BCUT2D eigenvalue weighted by atomic mass is 9.94. The van der Waals surface area contributed by atoms with Crippen molar-refractivity contribution in [3.63, 3.8) is 0 Å². The van der Waals surface area contributed by atoms with Crippen LogP contribution in [0.25, 0.3) is 77.3 Å². The molecule has 1 heterocycles. The molecule has 1 nitrogen and oxygen atoms in total. The SMILES string of the molecule is c1ccc(-c2ccc(-c3ccc4cc(-c5cc6c7c(cccc7c5)-c5ccccc5-6)ccc4c3)cn2)cc1. The summed E-state index contributed by atoms with van der Waals surface area (Å²) < 4.78 is 0. The van der Waals surface area contributed by atoms with E-state index < -0.39 is 0 Å². The summed E-state index contributed by atoms with van der Waals surface area (Å²) in [5.41, 5.74) is 12.3. The highest BCUT2D eigenvalue weighted by Crippen LogP contribution is 2.48. The van der Waals surface area contributed by atoms with Crippen molar-refractivity contribution in [2.75, 3.05) is 0 Å². The highest BCUT2D eigenvalue weighted by Gasteiger charge is 2.21. The first-order valence-corrected chi connectivity index (χ1v) is 13.0. The minimum atomic E-state index is 0.994. The lowest BCUT2D eigenvalue weighted by Gasteiger charge is -2.10. The molecule has 6 aromatic carbocycles. The average Bonchev–Trinajstić information content (AvgIpc) is 3.32. The summed E-state index contributed by atoms with van der Waals surface area (Å²) in [5.74, 6) is 0. The predicted octanol–water partition coefficient (Wildman–Crippen LogP) is 10.0. The van der Waals surface area contributed by atoms with E-state index in [1.165, 1.54) is 60.5 Å².